The van der Waals surface area contributed by atoms with E-state index in [0.717, 1.165) is 0 Å². The number of aliphatic carboxylic acids is 2. The van der Waals surface area contributed by atoms with Crippen LogP contribution < -0.4 is 0 Å². The van der Waals surface area contributed by atoms with Crippen LogP contribution in [-0.2, 0) is 47.4 Å². The minimum Gasteiger partial charge on any atom is -0.480 e. The van der Waals surface area contributed by atoms with Crippen LogP contribution >= 0.6 is 0 Å². The second-order valence-electron chi connectivity index (χ2n) is 12.4. The van der Waals surface area contributed by atoms with Crippen molar-refractivity contribution in [3.05, 3.63) is 69.8 Å². The van der Waals surface area contributed by atoms with Crippen molar-refractivity contribution in [1.29, 1.82) is 0 Å². The smallest absolute Gasteiger partial charge is 0.416 e. The van der Waals surface area contributed by atoms with Crippen molar-refractivity contribution in [2.45, 2.75) is 50.6 Å². The molecule has 0 saturated carbocycles. The lowest BCUT2D eigenvalue weighted by atomic mass is 10.0. The summed E-state index contributed by atoms with van der Waals surface area (Å²) in [5, 5.41) is 18.9. The van der Waals surface area contributed by atoms with E-state index in [0.29, 0.717) is 24.3 Å². The molecule has 0 amide bonds. The van der Waals surface area contributed by atoms with E-state index in [-0.39, 0.29) is 88.5 Å². The summed E-state index contributed by atoms with van der Waals surface area (Å²) < 4.78 is 162. The first-order valence-corrected chi connectivity index (χ1v) is 15.8. The van der Waals surface area contributed by atoms with E-state index in [9.17, 15) is 72.5 Å². The van der Waals surface area contributed by atoms with Gasteiger partial charge in [0.25, 0.3) is 0 Å². The molecule has 0 radical (unpaired) electrons. The topological polar surface area (TPSA) is 87.6 Å². The standard InChI is InChI=1S/C32H36F12N4O4/c33-29(34,35)23-11-21(12-24(15-23)30(36,37)38)17-45-3-1-5-47(19-27(49)50)9-8-46(4-2-6-48(10-7-45)20-28(51)52)18-22-13-25(31(39,40)41)16-26(14-22)32(42,43)44/h11-16H,1-10,17-20H2,(H,49,50)(H,51,52). The van der Waals surface area contributed by atoms with E-state index in [2.05, 4.69) is 0 Å². The number of hydrogen-bond donors (Lipinski definition) is 2. The van der Waals surface area contributed by atoms with Gasteiger partial charge in [-0.1, -0.05) is 0 Å². The van der Waals surface area contributed by atoms with Crippen LogP contribution in [-0.4, -0.2) is 107 Å². The van der Waals surface area contributed by atoms with E-state index in [1.165, 1.54) is 19.6 Å². The van der Waals surface area contributed by atoms with Gasteiger partial charge < -0.3 is 10.2 Å². The molecule has 0 atom stereocenters. The number of alkyl halides is 12. The Labute approximate surface area is 290 Å². The van der Waals surface area contributed by atoms with Crippen molar-refractivity contribution in [2.24, 2.45) is 0 Å². The number of carbonyl (C=O) groups is 2. The molecule has 20 heteroatoms. The zero-order chi connectivity index (χ0) is 39.1. The predicted molar refractivity (Wildman–Crippen MR) is 161 cm³/mol. The minimum atomic E-state index is -5.08. The molecule has 1 saturated heterocycles. The number of nitrogens with zero attached hydrogens (tertiary/aromatic N) is 4. The monoisotopic (exact) mass is 768 g/mol. The van der Waals surface area contributed by atoms with E-state index >= 15 is 0 Å². The summed E-state index contributed by atoms with van der Waals surface area (Å²) in [5.74, 6) is -2.52. The molecule has 1 aliphatic heterocycles. The molecular formula is C32H36F12N4O4. The van der Waals surface area contributed by atoms with Crippen LogP contribution in [0.2, 0.25) is 0 Å². The third-order valence-electron chi connectivity index (χ3n) is 8.19. The molecule has 52 heavy (non-hydrogen) atoms. The number of hydrogen-bond acceptors (Lipinski definition) is 6. The normalized spacial score (nSPS) is 17.9. The van der Waals surface area contributed by atoms with Gasteiger partial charge in [-0.3, -0.25) is 29.2 Å². The third-order valence-corrected chi connectivity index (χ3v) is 8.19. The zero-order valence-electron chi connectivity index (χ0n) is 27.4. The lowest BCUT2D eigenvalue weighted by molar-refractivity contribution is -0.144. The van der Waals surface area contributed by atoms with Crippen LogP contribution in [0.4, 0.5) is 52.7 Å². The van der Waals surface area contributed by atoms with Crippen molar-refractivity contribution < 1.29 is 72.5 Å². The van der Waals surface area contributed by atoms with Crippen LogP contribution in [0, 0.1) is 0 Å². The van der Waals surface area contributed by atoms with Crippen molar-refractivity contribution in [3.8, 4) is 0 Å². The number of carboxylic acids is 2. The van der Waals surface area contributed by atoms with E-state index in [4.69, 9.17) is 0 Å². The summed E-state index contributed by atoms with van der Waals surface area (Å²) in [4.78, 5) is 29.2. The van der Waals surface area contributed by atoms with Crippen molar-refractivity contribution >= 4 is 11.9 Å². The SMILES string of the molecule is O=C(O)CN1CCCN(Cc2cc(C(F)(F)F)cc(C(F)(F)F)c2)CCN(CC(=O)O)CCCN(Cc2cc(C(F)(F)F)cc(C(F)(F)F)c2)CC1. The highest BCUT2D eigenvalue weighted by atomic mass is 19.4. The summed E-state index contributed by atoms with van der Waals surface area (Å²) in [6.07, 6.45) is -20.1. The van der Waals surface area contributed by atoms with Crippen molar-refractivity contribution in [2.75, 3.05) is 65.4 Å². The van der Waals surface area contributed by atoms with Crippen LogP contribution in [0.3, 0.4) is 0 Å². The Morgan fingerprint density at radius 3 is 0.942 bits per heavy atom. The van der Waals surface area contributed by atoms with E-state index in [1.54, 1.807) is 0 Å². The predicted octanol–water partition coefficient (Wildman–Crippen LogP) is 6.63. The summed E-state index contributed by atoms with van der Waals surface area (Å²) in [6.45, 7) is -1.81. The molecule has 0 aliphatic carbocycles. The summed E-state index contributed by atoms with van der Waals surface area (Å²) in [6, 6.07) is 2.34. The molecule has 2 N–H and O–H groups in total. The third kappa shape index (κ3) is 14.1. The van der Waals surface area contributed by atoms with Crippen LogP contribution in [0.15, 0.2) is 36.4 Å². The van der Waals surface area contributed by atoms with Gasteiger partial charge >= 0.3 is 36.6 Å². The zero-order valence-corrected chi connectivity index (χ0v) is 27.4. The number of benzene rings is 2. The van der Waals surface area contributed by atoms with Gasteiger partial charge in [-0.2, -0.15) is 52.7 Å². The Hall–Kier alpha value is -3.62. The molecule has 3 rings (SSSR count). The quantitative estimate of drug-likeness (QED) is 0.290. The van der Waals surface area contributed by atoms with Gasteiger partial charge in [-0.05, 0) is 73.5 Å². The highest BCUT2D eigenvalue weighted by Crippen LogP contribution is 2.38. The Morgan fingerprint density at radius 2 is 0.692 bits per heavy atom. The van der Waals surface area contributed by atoms with Gasteiger partial charge in [0.15, 0.2) is 0 Å². The lowest BCUT2D eigenvalue weighted by Crippen LogP contribution is -2.43. The molecule has 1 aliphatic rings. The summed E-state index contributed by atoms with van der Waals surface area (Å²) in [7, 11) is 0. The lowest BCUT2D eigenvalue weighted by Gasteiger charge is -2.31. The van der Waals surface area contributed by atoms with Crippen LogP contribution in [0.5, 0.6) is 0 Å². The van der Waals surface area contributed by atoms with Gasteiger partial charge in [0.1, 0.15) is 0 Å². The molecular weight excluding hydrogens is 732 g/mol. The summed E-state index contributed by atoms with van der Waals surface area (Å²) >= 11 is 0. The Balaban J connectivity index is 1.90. The van der Waals surface area contributed by atoms with Crippen LogP contribution in [0.25, 0.3) is 0 Å². The maximum atomic E-state index is 13.5. The minimum absolute atomic E-state index is 0.00373. The Bertz CT molecular complexity index is 1340. The van der Waals surface area contributed by atoms with Crippen molar-refractivity contribution in [1.82, 2.24) is 19.6 Å². The first-order valence-electron chi connectivity index (χ1n) is 15.8. The second-order valence-corrected chi connectivity index (χ2v) is 12.4. The fourth-order valence-corrected chi connectivity index (χ4v) is 5.80. The van der Waals surface area contributed by atoms with E-state index in [1.807, 2.05) is 0 Å². The maximum absolute atomic E-state index is 13.5. The molecule has 2 aromatic rings. The van der Waals surface area contributed by atoms with E-state index < -0.39 is 85.1 Å². The number of rotatable bonds is 8. The average molecular weight is 769 g/mol. The molecule has 0 spiro atoms. The highest BCUT2D eigenvalue weighted by Gasteiger charge is 2.38. The molecule has 2 aromatic carbocycles. The van der Waals surface area contributed by atoms with Crippen LogP contribution in [0.1, 0.15) is 46.2 Å². The van der Waals surface area contributed by atoms with Crippen molar-refractivity contribution in [3.63, 3.8) is 0 Å². The first kappa shape index (κ1) is 42.8. The largest absolute Gasteiger partial charge is 0.480 e. The molecule has 292 valence electrons. The molecule has 1 heterocycles. The van der Waals surface area contributed by atoms with Gasteiger partial charge in [0.2, 0.25) is 0 Å². The molecule has 0 unspecified atom stereocenters. The highest BCUT2D eigenvalue weighted by molar-refractivity contribution is 5.69. The molecule has 1 fully saturated rings. The fourth-order valence-electron chi connectivity index (χ4n) is 5.80. The second kappa shape index (κ2) is 17.5. The summed E-state index contributed by atoms with van der Waals surface area (Å²) in [5.41, 5.74) is -6.66. The molecule has 0 aromatic heterocycles. The van der Waals surface area contributed by atoms with Gasteiger partial charge in [0.05, 0.1) is 35.3 Å². The average Bonchev–Trinajstić information content (AvgIpc) is 2.99. The Kier molecular flexibility index (Phi) is 14.4. The van der Waals surface area contributed by atoms with Gasteiger partial charge in [0, 0.05) is 52.4 Å². The number of halogens is 12. The van der Waals surface area contributed by atoms with Gasteiger partial charge in [-0.15, -0.1) is 0 Å². The van der Waals surface area contributed by atoms with Gasteiger partial charge in [-0.25, -0.2) is 0 Å². The molecule has 0 bridgehead atoms. The first-order chi connectivity index (χ1) is 23.9. The fraction of sp³-hybridized carbons (Fsp3) is 0.562. The number of carboxylic acid groups (broad SMARTS) is 2. The molecule has 8 nitrogen and oxygen atoms in total. The Morgan fingerprint density at radius 1 is 0.442 bits per heavy atom. The maximum Gasteiger partial charge on any atom is 0.416 e.